The summed E-state index contributed by atoms with van der Waals surface area (Å²) in [6, 6.07) is 2.49. The highest BCUT2D eigenvalue weighted by molar-refractivity contribution is 6.33. The summed E-state index contributed by atoms with van der Waals surface area (Å²) in [5.41, 5.74) is -0.650. The van der Waals surface area contributed by atoms with E-state index in [-0.39, 0.29) is 34.3 Å². The number of pyridine rings is 1. The molecular weight excluding hydrogens is 465 g/mol. The average Bonchev–Trinajstić information content (AvgIpc) is 3.37. The number of alkyl halides is 3. The van der Waals surface area contributed by atoms with Gasteiger partial charge in [0.25, 0.3) is 0 Å². The van der Waals surface area contributed by atoms with Gasteiger partial charge < -0.3 is 15.4 Å². The number of nitrogens with one attached hydrogen (secondary N) is 3. The lowest BCUT2D eigenvalue weighted by Crippen LogP contribution is -2.20. The quantitative estimate of drug-likeness (QED) is 0.353. The van der Waals surface area contributed by atoms with Gasteiger partial charge in [-0.2, -0.15) is 22.8 Å². The fraction of sp³-hybridized carbons (Fsp3) is 0.211. The summed E-state index contributed by atoms with van der Waals surface area (Å²) in [5, 5.41) is 17.2. The van der Waals surface area contributed by atoms with Crippen molar-refractivity contribution in [2.45, 2.75) is 25.1 Å². The third-order valence-electron chi connectivity index (χ3n) is 4.79. The van der Waals surface area contributed by atoms with Crippen molar-refractivity contribution in [1.82, 2.24) is 29.5 Å². The second-order valence-electron chi connectivity index (χ2n) is 7.36. The molecule has 10 nitrogen and oxygen atoms in total. The highest BCUT2D eigenvalue weighted by Gasteiger charge is 2.31. The lowest BCUT2D eigenvalue weighted by molar-refractivity contribution is -0.137. The van der Waals surface area contributed by atoms with Crippen LogP contribution in [-0.4, -0.2) is 40.7 Å². The van der Waals surface area contributed by atoms with Crippen molar-refractivity contribution in [3.05, 3.63) is 62.0 Å². The minimum atomic E-state index is -4.57. The van der Waals surface area contributed by atoms with Crippen molar-refractivity contribution in [2.75, 3.05) is 5.32 Å². The predicted molar refractivity (Wildman–Crippen MR) is 111 cm³/mol. The van der Waals surface area contributed by atoms with E-state index < -0.39 is 17.4 Å². The van der Waals surface area contributed by atoms with Crippen molar-refractivity contribution in [3.8, 4) is 5.88 Å². The van der Waals surface area contributed by atoms with Gasteiger partial charge in [-0.05, 0) is 25.0 Å². The Morgan fingerprint density at radius 2 is 2.06 bits per heavy atom. The molecule has 1 aliphatic rings. The van der Waals surface area contributed by atoms with Gasteiger partial charge in [-0.25, -0.2) is 14.8 Å². The number of anilines is 2. The van der Waals surface area contributed by atoms with Crippen molar-refractivity contribution < 1.29 is 18.3 Å². The maximum atomic E-state index is 12.9. The summed E-state index contributed by atoms with van der Waals surface area (Å²) < 4.78 is 40.2. The van der Waals surface area contributed by atoms with E-state index >= 15 is 0 Å². The first-order valence-corrected chi connectivity index (χ1v) is 10.0. The zero-order chi connectivity index (χ0) is 23.3. The molecule has 33 heavy (non-hydrogen) atoms. The van der Waals surface area contributed by atoms with Gasteiger partial charge in [-0.1, -0.05) is 11.6 Å². The van der Waals surface area contributed by atoms with E-state index in [9.17, 15) is 23.1 Å². The lowest BCUT2D eigenvalue weighted by Gasteiger charge is -2.10. The Labute approximate surface area is 186 Å². The third kappa shape index (κ3) is 4.26. The van der Waals surface area contributed by atoms with Crippen LogP contribution in [0.5, 0.6) is 5.88 Å². The maximum absolute atomic E-state index is 12.9. The average molecular weight is 479 g/mol. The maximum Gasteiger partial charge on any atom is 0.417 e. The van der Waals surface area contributed by atoms with Gasteiger partial charge >= 0.3 is 11.9 Å². The highest BCUT2D eigenvalue weighted by Crippen LogP contribution is 2.33. The number of nitrogens with zero attached hydrogens (tertiary/aromatic N) is 5. The highest BCUT2D eigenvalue weighted by atomic mass is 35.5. The molecule has 0 amide bonds. The number of aromatic nitrogens is 6. The van der Waals surface area contributed by atoms with Crippen LogP contribution in [0.3, 0.4) is 0 Å². The first-order valence-electron chi connectivity index (χ1n) is 9.63. The molecule has 14 heteroatoms. The monoisotopic (exact) mass is 478 g/mol. The van der Waals surface area contributed by atoms with Crippen LogP contribution in [0.1, 0.15) is 24.1 Å². The standard InChI is InChI=1S/C19H14ClF3N8O2/c20-11-4-9(19(21,22)23)7-24-15(11)28-13-5-14(26-10-1-2-10)31-16(29-13)8(6-25-31)3-12-17(32)30-18(33)27-12/h3-7,10,32H,1-2H2,(H,24,28)(H2,27,30,33). The first kappa shape index (κ1) is 21.0. The summed E-state index contributed by atoms with van der Waals surface area (Å²) in [4.78, 5) is 28.9. The molecule has 0 saturated heterocycles. The summed E-state index contributed by atoms with van der Waals surface area (Å²) in [6.07, 6.45) is 0.902. The molecular formula is C19H14ClF3N8O2. The summed E-state index contributed by atoms with van der Waals surface area (Å²) in [7, 11) is 0. The number of rotatable bonds is 4. The molecule has 0 unspecified atom stereocenters. The van der Waals surface area contributed by atoms with Gasteiger partial charge in [0.15, 0.2) is 11.1 Å². The van der Waals surface area contributed by atoms with Crippen LogP contribution in [0.25, 0.3) is 11.7 Å². The molecule has 1 fully saturated rings. The molecule has 0 aromatic carbocycles. The predicted octanol–water partition coefficient (Wildman–Crippen LogP) is 1.87. The second kappa shape index (κ2) is 7.62. The molecule has 170 valence electrons. The molecule has 0 radical (unpaired) electrons. The van der Waals surface area contributed by atoms with Gasteiger partial charge in [-0.3, -0.25) is 9.98 Å². The summed E-state index contributed by atoms with van der Waals surface area (Å²) in [6.45, 7) is 0. The van der Waals surface area contributed by atoms with Crippen LogP contribution >= 0.6 is 11.6 Å². The van der Waals surface area contributed by atoms with Crippen molar-refractivity contribution in [2.24, 2.45) is 4.99 Å². The zero-order valence-electron chi connectivity index (χ0n) is 16.5. The van der Waals surface area contributed by atoms with E-state index in [1.807, 2.05) is 0 Å². The van der Waals surface area contributed by atoms with E-state index in [1.54, 1.807) is 6.07 Å². The SMILES string of the molecule is O=c1[nH]c(O)c(C=c2cnn3c(=NC4CC4)cc(Nc4ncc(C(F)(F)F)cc4Cl)nc23)[nH]1. The van der Waals surface area contributed by atoms with Gasteiger partial charge in [0.05, 0.1) is 22.8 Å². The third-order valence-corrected chi connectivity index (χ3v) is 5.08. The fourth-order valence-corrected chi connectivity index (χ4v) is 3.28. The molecule has 0 spiro atoms. The number of hydrogen-bond donors (Lipinski definition) is 4. The topological polar surface area (TPSA) is 136 Å². The van der Waals surface area contributed by atoms with E-state index in [0.717, 1.165) is 18.9 Å². The molecule has 4 aromatic heterocycles. The minimum absolute atomic E-state index is 0.0171. The number of halogens is 4. The molecule has 0 atom stereocenters. The van der Waals surface area contributed by atoms with Crippen molar-refractivity contribution >= 4 is 35.0 Å². The Balaban J connectivity index is 1.63. The summed E-state index contributed by atoms with van der Waals surface area (Å²) >= 11 is 6.01. The Hall–Kier alpha value is -3.87. The van der Waals surface area contributed by atoms with Crippen LogP contribution in [0, 0.1) is 0 Å². The van der Waals surface area contributed by atoms with Gasteiger partial charge in [0, 0.05) is 17.5 Å². The van der Waals surface area contributed by atoms with Gasteiger partial charge in [-0.15, -0.1) is 0 Å². The molecule has 4 aromatic rings. The number of hydrogen-bond acceptors (Lipinski definition) is 7. The molecule has 1 saturated carbocycles. The minimum Gasteiger partial charge on any atom is -0.493 e. The van der Waals surface area contributed by atoms with E-state index in [0.29, 0.717) is 22.6 Å². The smallest absolute Gasteiger partial charge is 0.417 e. The van der Waals surface area contributed by atoms with Crippen LogP contribution in [0.15, 0.2) is 34.3 Å². The molecule has 0 bridgehead atoms. The summed E-state index contributed by atoms with van der Waals surface area (Å²) in [5.74, 6) is -0.146. The molecule has 1 aliphatic carbocycles. The van der Waals surface area contributed by atoms with E-state index in [4.69, 9.17) is 11.6 Å². The van der Waals surface area contributed by atoms with Crippen LogP contribution in [0.2, 0.25) is 5.02 Å². The number of aromatic hydroxyl groups is 1. The Morgan fingerprint density at radius 1 is 1.27 bits per heavy atom. The number of imidazole rings is 1. The van der Waals surface area contributed by atoms with Crippen LogP contribution in [0.4, 0.5) is 24.8 Å². The second-order valence-corrected chi connectivity index (χ2v) is 7.77. The lowest BCUT2D eigenvalue weighted by atomic mass is 10.3. The molecule has 4 N–H and O–H groups in total. The number of aromatic amines is 2. The Bertz CT molecular complexity index is 1550. The Kier molecular flexibility index (Phi) is 4.85. The molecule has 5 rings (SSSR count). The zero-order valence-corrected chi connectivity index (χ0v) is 17.2. The van der Waals surface area contributed by atoms with Crippen molar-refractivity contribution in [1.29, 1.82) is 0 Å². The Morgan fingerprint density at radius 3 is 2.70 bits per heavy atom. The van der Waals surface area contributed by atoms with Crippen LogP contribution in [-0.2, 0) is 6.18 Å². The van der Waals surface area contributed by atoms with E-state index in [2.05, 4.69) is 35.3 Å². The number of H-pyrrole nitrogens is 2. The van der Waals surface area contributed by atoms with Gasteiger partial charge in [0.1, 0.15) is 17.3 Å². The molecule has 4 heterocycles. The fourth-order valence-electron chi connectivity index (χ4n) is 3.07. The normalized spacial score (nSPS) is 15.5. The number of fused-ring (bicyclic) bond motifs is 1. The van der Waals surface area contributed by atoms with E-state index in [1.165, 1.54) is 16.8 Å². The largest absolute Gasteiger partial charge is 0.493 e. The van der Waals surface area contributed by atoms with Crippen LogP contribution < -0.4 is 21.7 Å². The first-order chi connectivity index (χ1) is 15.7. The van der Waals surface area contributed by atoms with Gasteiger partial charge in [0.2, 0.25) is 5.88 Å². The van der Waals surface area contributed by atoms with Crippen molar-refractivity contribution in [3.63, 3.8) is 0 Å². The molecule has 0 aliphatic heterocycles.